The van der Waals surface area contributed by atoms with Crippen LogP contribution >= 0.6 is 0 Å². The van der Waals surface area contributed by atoms with E-state index in [9.17, 15) is 22.4 Å². The summed E-state index contributed by atoms with van der Waals surface area (Å²) >= 11 is 0. The highest BCUT2D eigenvalue weighted by Gasteiger charge is 2.36. The van der Waals surface area contributed by atoms with Crippen molar-refractivity contribution >= 4 is 5.91 Å². The summed E-state index contributed by atoms with van der Waals surface area (Å²) in [4.78, 5) is 10.5. The van der Waals surface area contributed by atoms with E-state index in [1.807, 2.05) is 0 Å². The lowest BCUT2D eigenvalue weighted by Gasteiger charge is -2.13. The first-order chi connectivity index (χ1) is 6.84. The summed E-state index contributed by atoms with van der Waals surface area (Å²) in [6, 6.07) is 3.91. The van der Waals surface area contributed by atoms with Crippen LogP contribution in [0.1, 0.15) is 17.3 Å². The van der Waals surface area contributed by atoms with E-state index in [1.165, 1.54) is 6.07 Å². The second-order valence-electron chi connectivity index (χ2n) is 2.85. The number of benzene rings is 1. The van der Waals surface area contributed by atoms with Gasteiger partial charge in [0.25, 0.3) is 5.91 Å². The summed E-state index contributed by atoms with van der Waals surface area (Å²) in [6.07, 6.45) is -7.14. The van der Waals surface area contributed by atoms with Gasteiger partial charge in [-0.2, -0.15) is 13.2 Å². The lowest BCUT2D eigenvalue weighted by Crippen LogP contribution is -2.21. The van der Waals surface area contributed by atoms with Crippen LogP contribution in [-0.2, 0) is 11.0 Å². The van der Waals surface area contributed by atoms with E-state index in [0.29, 0.717) is 6.07 Å². The van der Waals surface area contributed by atoms with Gasteiger partial charge in [0, 0.05) is 5.56 Å². The van der Waals surface area contributed by atoms with E-state index >= 15 is 0 Å². The molecule has 82 valence electrons. The molecule has 0 fully saturated rings. The van der Waals surface area contributed by atoms with Crippen molar-refractivity contribution in [2.75, 3.05) is 0 Å². The van der Waals surface area contributed by atoms with Gasteiger partial charge in [-0.05, 0) is 6.07 Å². The molecule has 0 spiro atoms. The number of carbonyl (C=O) groups is 1. The number of hydrogen-bond acceptors (Lipinski definition) is 1. The third kappa shape index (κ3) is 2.45. The van der Waals surface area contributed by atoms with Crippen molar-refractivity contribution in [1.82, 2.24) is 0 Å². The predicted molar refractivity (Wildman–Crippen MR) is 44.5 cm³/mol. The third-order valence-electron chi connectivity index (χ3n) is 1.79. The van der Waals surface area contributed by atoms with Gasteiger partial charge >= 0.3 is 6.18 Å². The van der Waals surface area contributed by atoms with Gasteiger partial charge in [0.2, 0.25) is 6.17 Å². The maximum atomic E-state index is 13.1. The lowest BCUT2D eigenvalue weighted by atomic mass is 10.0. The molecule has 0 radical (unpaired) electrons. The topological polar surface area (TPSA) is 43.1 Å². The fourth-order valence-corrected chi connectivity index (χ4v) is 1.13. The highest BCUT2D eigenvalue weighted by Crippen LogP contribution is 2.35. The van der Waals surface area contributed by atoms with Crippen molar-refractivity contribution in [3.8, 4) is 0 Å². The normalized spacial score (nSPS) is 13.6. The highest BCUT2D eigenvalue weighted by atomic mass is 19.4. The molecule has 1 amide bonds. The molecular weight excluding hydrogens is 214 g/mol. The molecule has 0 aliphatic heterocycles. The Hall–Kier alpha value is -1.59. The van der Waals surface area contributed by atoms with Crippen molar-refractivity contribution in [2.45, 2.75) is 12.3 Å². The molecule has 0 bridgehead atoms. The average molecular weight is 221 g/mol. The van der Waals surface area contributed by atoms with Gasteiger partial charge in [-0.25, -0.2) is 4.39 Å². The molecule has 0 heterocycles. The van der Waals surface area contributed by atoms with Crippen LogP contribution in [0.5, 0.6) is 0 Å². The molecule has 1 atom stereocenters. The average Bonchev–Trinajstić information content (AvgIpc) is 2.15. The number of alkyl halides is 4. The third-order valence-corrected chi connectivity index (χ3v) is 1.79. The minimum absolute atomic E-state index is 0.699. The van der Waals surface area contributed by atoms with Gasteiger partial charge in [0.1, 0.15) is 0 Å². The molecule has 1 aromatic carbocycles. The van der Waals surface area contributed by atoms with Crippen LogP contribution in [0.25, 0.3) is 0 Å². The Bertz CT molecular complexity index is 375. The Balaban J connectivity index is 3.24. The second kappa shape index (κ2) is 3.88. The van der Waals surface area contributed by atoms with Crippen molar-refractivity contribution in [3.05, 3.63) is 35.4 Å². The SMILES string of the molecule is NC(=O)C(F)c1ccccc1C(F)(F)F. The van der Waals surface area contributed by atoms with Gasteiger partial charge < -0.3 is 5.73 Å². The zero-order valence-corrected chi connectivity index (χ0v) is 7.38. The number of nitrogens with two attached hydrogens (primary N) is 1. The first-order valence-electron chi connectivity index (χ1n) is 3.93. The van der Waals surface area contributed by atoms with Gasteiger partial charge in [-0.15, -0.1) is 0 Å². The van der Waals surface area contributed by atoms with Crippen molar-refractivity contribution in [2.24, 2.45) is 5.73 Å². The summed E-state index contributed by atoms with van der Waals surface area (Å²) in [6.45, 7) is 0. The van der Waals surface area contributed by atoms with E-state index in [0.717, 1.165) is 12.1 Å². The predicted octanol–water partition coefficient (Wildman–Crippen LogP) is 2.20. The van der Waals surface area contributed by atoms with Crippen molar-refractivity contribution in [1.29, 1.82) is 0 Å². The first kappa shape index (κ1) is 11.5. The summed E-state index contributed by atoms with van der Waals surface area (Å²) in [5.41, 5.74) is 2.66. The maximum Gasteiger partial charge on any atom is 0.416 e. The van der Waals surface area contributed by atoms with Crippen LogP contribution in [0.3, 0.4) is 0 Å². The molecule has 0 saturated heterocycles. The summed E-state index contributed by atoms with van der Waals surface area (Å²) in [7, 11) is 0. The Morgan fingerprint density at radius 1 is 1.27 bits per heavy atom. The van der Waals surface area contributed by atoms with Crippen LogP contribution in [0.15, 0.2) is 24.3 Å². The number of amides is 1. The van der Waals surface area contributed by atoms with Crippen LogP contribution in [0.2, 0.25) is 0 Å². The molecule has 0 saturated carbocycles. The maximum absolute atomic E-state index is 13.1. The standard InChI is InChI=1S/C9H7F4NO/c10-7(8(14)15)5-3-1-2-4-6(5)9(11,12)13/h1-4,7H,(H2,14,15). The molecule has 0 aromatic heterocycles. The minimum atomic E-state index is -4.70. The van der Waals surface area contributed by atoms with E-state index in [1.54, 1.807) is 0 Å². The number of carbonyl (C=O) groups excluding carboxylic acids is 1. The molecule has 1 rings (SSSR count). The van der Waals surface area contributed by atoms with E-state index in [2.05, 4.69) is 5.73 Å². The molecule has 1 aromatic rings. The Labute approximate surface area is 82.7 Å². The van der Waals surface area contributed by atoms with E-state index < -0.39 is 29.4 Å². The zero-order valence-electron chi connectivity index (χ0n) is 7.38. The minimum Gasteiger partial charge on any atom is -0.367 e. The summed E-state index contributed by atoms with van der Waals surface area (Å²) in [5, 5.41) is 0. The van der Waals surface area contributed by atoms with E-state index in [-0.39, 0.29) is 0 Å². The summed E-state index contributed by atoms with van der Waals surface area (Å²) in [5.74, 6) is -1.44. The Morgan fingerprint density at radius 2 is 1.80 bits per heavy atom. The van der Waals surface area contributed by atoms with Crippen molar-refractivity contribution in [3.63, 3.8) is 0 Å². The highest BCUT2D eigenvalue weighted by molar-refractivity contribution is 5.80. The fraction of sp³-hybridized carbons (Fsp3) is 0.222. The first-order valence-corrected chi connectivity index (χ1v) is 3.93. The van der Waals surface area contributed by atoms with E-state index in [4.69, 9.17) is 0 Å². The van der Waals surface area contributed by atoms with Crippen LogP contribution in [-0.4, -0.2) is 5.91 Å². The molecule has 0 aliphatic carbocycles. The van der Waals surface area contributed by atoms with Crippen LogP contribution in [0.4, 0.5) is 17.6 Å². The smallest absolute Gasteiger partial charge is 0.367 e. The van der Waals surface area contributed by atoms with Gasteiger partial charge in [0.05, 0.1) is 5.56 Å². The zero-order chi connectivity index (χ0) is 11.6. The lowest BCUT2D eigenvalue weighted by molar-refractivity contribution is -0.139. The summed E-state index contributed by atoms with van der Waals surface area (Å²) < 4.78 is 50.1. The molecular formula is C9H7F4NO. The number of hydrogen-bond donors (Lipinski definition) is 1. The Kier molecular flexibility index (Phi) is 2.97. The number of rotatable bonds is 2. The largest absolute Gasteiger partial charge is 0.416 e. The van der Waals surface area contributed by atoms with Gasteiger partial charge in [-0.3, -0.25) is 4.79 Å². The molecule has 2 N–H and O–H groups in total. The quantitative estimate of drug-likeness (QED) is 0.764. The van der Waals surface area contributed by atoms with Gasteiger partial charge in [-0.1, -0.05) is 18.2 Å². The Morgan fingerprint density at radius 3 is 2.27 bits per heavy atom. The molecule has 15 heavy (non-hydrogen) atoms. The number of primary amides is 1. The molecule has 6 heteroatoms. The van der Waals surface area contributed by atoms with Crippen LogP contribution < -0.4 is 5.73 Å². The second-order valence-corrected chi connectivity index (χ2v) is 2.85. The fourth-order valence-electron chi connectivity index (χ4n) is 1.13. The molecule has 0 aliphatic rings. The monoisotopic (exact) mass is 221 g/mol. The van der Waals surface area contributed by atoms with Crippen LogP contribution in [0, 0.1) is 0 Å². The van der Waals surface area contributed by atoms with Gasteiger partial charge in [0.15, 0.2) is 0 Å². The van der Waals surface area contributed by atoms with Crippen molar-refractivity contribution < 1.29 is 22.4 Å². The number of halogens is 4. The molecule has 2 nitrogen and oxygen atoms in total. The molecule has 1 unspecified atom stereocenters.